The molecule has 0 unspecified atom stereocenters. The third-order valence-electron chi connectivity index (χ3n) is 5.95. The Labute approximate surface area is 237 Å². The molecule has 12 heteroatoms. The summed E-state index contributed by atoms with van der Waals surface area (Å²) in [7, 11) is 3.29. The summed E-state index contributed by atoms with van der Waals surface area (Å²) in [6.45, 7) is 5.03. The summed E-state index contributed by atoms with van der Waals surface area (Å²) in [5.41, 5.74) is 3.47. The predicted octanol–water partition coefficient (Wildman–Crippen LogP) is 5.45. The molecule has 0 atom stereocenters. The lowest BCUT2D eigenvalue weighted by molar-refractivity contribution is -0.129. The molecule has 0 saturated carbocycles. The summed E-state index contributed by atoms with van der Waals surface area (Å²) in [5.74, 6) is -0.635. The van der Waals surface area contributed by atoms with Gasteiger partial charge in [-0.1, -0.05) is 25.5 Å². The van der Waals surface area contributed by atoms with Crippen molar-refractivity contribution in [2.75, 3.05) is 19.4 Å². The minimum absolute atomic E-state index is 0.0465. The Morgan fingerprint density at radius 1 is 1.15 bits per heavy atom. The Morgan fingerprint density at radius 3 is 2.54 bits per heavy atom. The number of hydrogen-bond donors (Lipinski definition) is 1. The molecular weight excluding hydrogens is 535 g/mol. The van der Waals surface area contributed by atoms with Gasteiger partial charge in [0.1, 0.15) is 17.8 Å². The molecule has 9 nitrogen and oxygen atoms in total. The van der Waals surface area contributed by atoms with Crippen LogP contribution in [0.15, 0.2) is 49.1 Å². The summed E-state index contributed by atoms with van der Waals surface area (Å²) < 4.78 is 40.3. The molecule has 4 rings (SSSR count). The van der Waals surface area contributed by atoms with Crippen LogP contribution in [0.3, 0.4) is 0 Å². The topological polar surface area (TPSA) is 97.4 Å². The predicted molar refractivity (Wildman–Crippen MR) is 152 cm³/mol. The minimum Gasteiger partial charge on any atom is -0.347 e. The van der Waals surface area contributed by atoms with E-state index in [1.165, 1.54) is 34.1 Å². The number of halogens is 3. The molecule has 0 saturated heterocycles. The first-order valence-electron chi connectivity index (χ1n) is 13.4. The van der Waals surface area contributed by atoms with Gasteiger partial charge in [0.15, 0.2) is 5.65 Å². The molecule has 0 bridgehead atoms. The van der Waals surface area contributed by atoms with Gasteiger partial charge in [0.25, 0.3) is 5.91 Å². The van der Waals surface area contributed by atoms with E-state index in [0.717, 1.165) is 24.8 Å². The lowest BCUT2D eigenvalue weighted by Crippen LogP contribution is -2.26. The van der Waals surface area contributed by atoms with Gasteiger partial charge in [0.05, 0.1) is 18.1 Å². The maximum Gasteiger partial charge on any atom is 0.261 e. The molecular formula is C29H36F3N7O2. The van der Waals surface area contributed by atoms with Crippen LogP contribution in [0.5, 0.6) is 0 Å². The van der Waals surface area contributed by atoms with E-state index in [4.69, 9.17) is 0 Å². The molecule has 3 aromatic heterocycles. The minimum atomic E-state index is -2.49. The number of hydrogen-bond acceptors (Lipinski definition) is 5. The molecule has 4 aromatic rings. The van der Waals surface area contributed by atoms with Crippen LogP contribution < -0.4 is 5.32 Å². The van der Waals surface area contributed by atoms with Gasteiger partial charge < -0.3 is 10.2 Å². The van der Waals surface area contributed by atoms with Crippen molar-refractivity contribution in [2.24, 2.45) is 0 Å². The maximum absolute atomic E-state index is 13.3. The Kier molecular flexibility index (Phi) is 11.0. The number of aromatic nitrogens is 5. The number of alkyl halides is 3. The van der Waals surface area contributed by atoms with E-state index in [2.05, 4.69) is 27.4 Å². The van der Waals surface area contributed by atoms with Crippen LogP contribution >= 0.6 is 0 Å². The quantitative estimate of drug-likeness (QED) is 0.273. The third-order valence-corrected chi connectivity index (χ3v) is 5.95. The standard InChI is InChI=1S/C26H29F2N7O2.C3H7F/c1-4-5-7-18-9-8-17(13-22(27)28)12-19(18)24-21(15-34(32-24)16-23(36)33(2)3)31-26(37)20-14-30-35-11-6-10-29-25(20)35;1-3(2)4/h6,8-12,14-15,22H,4-5,7,13,16H2,1-3H3,(H,31,37);3H,1-2H3. The molecule has 0 aliphatic heterocycles. The lowest BCUT2D eigenvalue weighted by atomic mass is 9.96. The highest BCUT2D eigenvalue weighted by molar-refractivity contribution is 6.09. The molecule has 0 aliphatic carbocycles. The molecule has 1 aromatic carbocycles. The van der Waals surface area contributed by atoms with Gasteiger partial charge in [-0.25, -0.2) is 22.7 Å². The van der Waals surface area contributed by atoms with Crippen LogP contribution in [0.25, 0.3) is 16.9 Å². The molecule has 220 valence electrons. The SMILES string of the molecule is CC(C)F.CCCCc1ccc(CC(F)F)cc1-c1nn(CC(=O)N(C)C)cc1NC(=O)c1cnn2cccnc12. The van der Waals surface area contributed by atoms with Crippen LogP contribution in [0, 0.1) is 0 Å². The van der Waals surface area contributed by atoms with Crippen molar-refractivity contribution in [3.8, 4) is 11.3 Å². The highest BCUT2D eigenvalue weighted by atomic mass is 19.3. The third kappa shape index (κ3) is 8.63. The molecule has 0 aliphatic rings. The van der Waals surface area contributed by atoms with Crippen molar-refractivity contribution in [2.45, 2.75) is 65.6 Å². The number of rotatable bonds is 10. The number of anilines is 1. The average Bonchev–Trinajstić information content (AvgIpc) is 3.51. The van der Waals surface area contributed by atoms with Crippen LogP contribution in [0.4, 0.5) is 18.9 Å². The van der Waals surface area contributed by atoms with Gasteiger partial charge in [-0.15, -0.1) is 0 Å². The van der Waals surface area contributed by atoms with E-state index in [1.54, 1.807) is 50.9 Å². The molecule has 2 amide bonds. The highest BCUT2D eigenvalue weighted by Gasteiger charge is 2.21. The molecule has 0 spiro atoms. The monoisotopic (exact) mass is 571 g/mol. The van der Waals surface area contributed by atoms with Crippen LogP contribution in [0.2, 0.25) is 0 Å². The molecule has 3 heterocycles. The van der Waals surface area contributed by atoms with Gasteiger partial charge in [-0.3, -0.25) is 14.3 Å². The smallest absolute Gasteiger partial charge is 0.261 e. The Bertz CT molecular complexity index is 1460. The van der Waals surface area contributed by atoms with Crippen molar-refractivity contribution in [1.29, 1.82) is 0 Å². The Morgan fingerprint density at radius 2 is 1.88 bits per heavy atom. The number of likely N-dealkylation sites (N-methyl/N-ethyl adjacent to an activating group) is 1. The zero-order valence-electron chi connectivity index (χ0n) is 23.9. The van der Waals surface area contributed by atoms with Crippen molar-refractivity contribution < 1.29 is 22.8 Å². The summed E-state index contributed by atoms with van der Waals surface area (Å²) in [4.78, 5) is 31.3. The number of aryl methyl sites for hydroxylation is 1. The van der Waals surface area contributed by atoms with E-state index < -0.39 is 24.9 Å². The number of amides is 2. The molecule has 1 N–H and O–H groups in total. The van der Waals surface area contributed by atoms with E-state index in [9.17, 15) is 22.8 Å². The first kappa shape index (κ1) is 31.3. The maximum atomic E-state index is 13.3. The second-order valence-corrected chi connectivity index (χ2v) is 9.98. The van der Waals surface area contributed by atoms with E-state index in [1.807, 2.05) is 6.07 Å². The number of benzene rings is 1. The van der Waals surface area contributed by atoms with Gasteiger partial charge >= 0.3 is 0 Å². The van der Waals surface area contributed by atoms with Crippen molar-refractivity contribution in [3.05, 3.63) is 65.7 Å². The van der Waals surface area contributed by atoms with Crippen molar-refractivity contribution >= 4 is 23.1 Å². The van der Waals surface area contributed by atoms with Crippen LogP contribution in [0.1, 0.15) is 55.1 Å². The van der Waals surface area contributed by atoms with E-state index in [-0.39, 0.29) is 18.0 Å². The van der Waals surface area contributed by atoms with E-state index >= 15 is 0 Å². The zero-order valence-corrected chi connectivity index (χ0v) is 23.9. The Balaban J connectivity index is 0.00000108. The molecule has 0 radical (unpaired) electrons. The van der Waals surface area contributed by atoms with Gasteiger partial charge in [-0.05, 0) is 49.9 Å². The number of carbonyl (C=O) groups excluding carboxylic acids is 2. The number of fused-ring (bicyclic) bond motifs is 1. The number of carbonyl (C=O) groups is 2. The summed E-state index contributed by atoms with van der Waals surface area (Å²) >= 11 is 0. The molecule has 41 heavy (non-hydrogen) atoms. The first-order chi connectivity index (χ1) is 19.5. The van der Waals surface area contributed by atoms with Crippen LogP contribution in [-0.4, -0.2) is 67.8 Å². The first-order valence-corrected chi connectivity index (χ1v) is 13.4. The lowest BCUT2D eigenvalue weighted by Gasteiger charge is -2.12. The second kappa shape index (κ2) is 14.4. The van der Waals surface area contributed by atoms with Crippen molar-refractivity contribution in [1.82, 2.24) is 29.3 Å². The number of nitrogens with zero attached hydrogens (tertiary/aromatic N) is 6. The van der Waals surface area contributed by atoms with Crippen molar-refractivity contribution in [3.63, 3.8) is 0 Å². The molecule has 0 fully saturated rings. The fraction of sp³-hybridized carbons (Fsp3) is 0.414. The van der Waals surface area contributed by atoms with Crippen LogP contribution in [-0.2, 0) is 24.2 Å². The second-order valence-electron chi connectivity index (χ2n) is 9.98. The van der Waals surface area contributed by atoms with E-state index in [0.29, 0.717) is 28.2 Å². The summed E-state index contributed by atoms with van der Waals surface area (Å²) in [5, 5.41) is 11.7. The Hall–Kier alpha value is -4.22. The largest absolute Gasteiger partial charge is 0.347 e. The zero-order chi connectivity index (χ0) is 30.1. The summed E-state index contributed by atoms with van der Waals surface area (Å²) in [6.07, 6.45) is 5.28. The van der Waals surface area contributed by atoms with Gasteiger partial charge in [-0.2, -0.15) is 10.2 Å². The number of nitrogens with one attached hydrogen (secondary N) is 1. The summed E-state index contributed by atoms with van der Waals surface area (Å²) in [6, 6.07) is 6.95. The van der Waals surface area contributed by atoms with Gasteiger partial charge in [0, 0.05) is 44.7 Å². The fourth-order valence-electron chi connectivity index (χ4n) is 3.98. The highest BCUT2D eigenvalue weighted by Crippen LogP contribution is 2.32. The fourth-order valence-corrected chi connectivity index (χ4v) is 3.98. The normalized spacial score (nSPS) is 11.1. The van der Waals surface area contributed by atoms with Gasteiger partial charge in [0.2, 0.25) is 12.3 Å². The number of unbranched alkanes of at least 4 members (excludes halogenated alkanes) is 1. The average molecular weight is 572 g/mol.